The van der Waals surface area contributed by atoms with Gasteiger partial charge in [-0.2, -0.15) is 0 Å². The van der Waals surface area contributed by atoms with E-state index in [1.165, 1.54) is 4.90 Å². The molecule has 18 heavy (non-hydrogen) atoms. The van der Waals surface area contributed by atoms with Crippen LogP contribution in [0.15, 0.2) is 24.3 Å². The van der Waals surface area contributed by atoms with Gasteiger partial charge in [0.25, 0.3) is 0 Å². The van der Waals surface area contributed by atoms with Crippen molar-refractivity contribution in [2.75, 3.05) is 18.6 Å². The van der Waals surface area contributed by atoms with E-state index in [1.54, 1.807) is 31.3 Å². The van der Waals surface area contributed by atoms with E-state index < -0.39 is 5.60 Å². The van der Waals surface area contributed by atoms with Crippen molar-refractivity contribution >= 4 is 17.9 Å². The lowest BCUT2D eigenvalue weighted by molar-refractivity contribution is -0.107. The summed E-state index contributed by atoms with van der Waals surface area (Å²) < 4.78 is 5.54. The highest BCUT2D eigenvalue weighted by Gasteiger charge is 2.37. The van der Waals surface area contributed by atoms with E-state index in [0.29, 0.717) is 12.2 Å². The van der Waals surface area contributed by atoms with Gasteiger partial charge < -0.3 is 9.64 Å². The molecule has 4 heteroatoms. The Morgan fingerprint density at radius 3 is 2.56 bits per heavy atom. The van der Waals surface area contributed by atoms with Crippen molar-refractivity contribution in [2.45, 2.75) is 25.4 Å². The molecule has 4 nitrogen and oxygen atoms in total. The van der Waals surface area contributed by atoms with Gasteiger partial charge in [-0.15, -0.1) is 0 Å². The maximum Gasteiger partial charge on any atom is 0.213 e. The third kappa shape index (κ3) is 2.29. The summed E-state index contributed by atoms with van der Waals surface area (Å²) in [7, 11) is 1.67. The van der Waals surface area contributed by atoms with Crippen LogP contribution in [0.1, 0.15) is 30.1 Å². The highest BCUT2D eigenvalue weighted by molar-refractivity contribution is 6.02. The third-order valence-corrected chi connectivity index (χ3v) is 3.39. The van der Waals surface area contributed by atoms with Crippen molar-refractivity contribution in [3.8, 4) is 0 Å². The predicted octanol–water partition coefficient (Wildman–Crippen LogP) is 2.03. The number of ketones is 1. The van der Waals surface area contributed by atoms with Crippen LogP contribution >= 0.6 is 0 Å². The summed E-state index contributed by atoms with van der Waals surface area (Å²) in [5, 5.41) is 0. The molecule has 1 atom stereocenters. The molecule has 0 aliphatic carbocycles. The second-order valence-corrected chi connectivity index (χ2v) is 4.78. The lowest BCUT2D eigenvalue weighted by atomic mass is 9.92. The molecule has 1 saturated heterocycles. The van der Waals surface area contributed by atoms with Gasteiger partial charge in [-0.1, -0.05) is 0 Å². The van der Waals surface area contributed by atoms with Gasteiger partial charge >= 0.3 is 0 Å². The number of hydrogen-bond donors (Lipinski definition) is 0. The Morgan fingerprint density at radius 1 is 1.39 bits per heavy atom. The summed E-state index contributed by atoms with van der Waals surface area (Å²) in [6.07, 6.45) is 2.42. The van der Waals surface area contributed by atoms with Crippen LogP contribution in [0.25, 0.3) is 0 Å². The predicted molar refractivity (Wildman–Crippen MR) is 68.8 cm³/mol. The monoisotopic (exact) mass is 247 g/mol. The molecule has 1 aliphatic heterocycles. The Balaban J connectivity index is 2.19. The average molecular weight is 247 g/mol. The summed E-state index contributed by atoms with van der Waals surface area (Å²) in [6.45, 7) is 2.49. The van der Waals surface area contributed by atoms with Crippen molar-refractivity contribution in [2.24, 2.45) is 0 Å². The number of ether oxygens (including phenoxy) is 1. The van der Waals surface area contributed by atoms with Crippen molar-refractivity contribution in [1.29, 1.82) is 0 Å². The SMILES string of the molecule is CN(C=O)c1ccc(C(=O)C2(C)CCCO2)cc1. The lowest BCUT2D eigenvalue weighted by Gasteiger charge is -2.21. The molecule has 96 valence electrons. The Kier molecular flexibility index (Phi) is 3.48. The van der Waals surface area contributed by atoms with Crippen molar-refractivity contribution in [3.05, 3.63) is 29.8 Å². The number of nitrogens with zero attached hydrogens (tertiary/aromatic N) is 1. The first-order chi connectivity index (χ1) is 8.57. The van der Waals surface area contributed by atoms with Crippen LogP contribution in [0, 0.1) is 0 Å². The van der Waals surface area contributed by atoms with Gasteiger partial charge in [0.15, 0.2) is 5.78 Å². The molecule has 2 rings (SSSR count). The van der Waals surface area contributed by atoms with Gasteiger partial charge in [0, 0.05) is 24.9 Å². The minimum atomic E-state index is -0.682. The van der Waals surface area contributed by atoms with E-state index >= 15 is 0 Å². The molecule has 1 aromatic carbocycles. The minimum absolute atomic E-state index is 0.0142. The molecule has 1 heterocycles. The zero-order valence-corrected chi connectivity index (χ0v) is 10.7. The number of anilines is 1. The number of hydrogen-bond acceptors (Lipinski definition) is 3. The van der Waals surface area contributed by atoms with E-state index in [9.17, 15) is 9.59 Å². The third-order valence-electron chi connectivity index (χ3n) is 3.39. The van der Waals surface area contributed by atoms with Gasteiger partial charge in [-0.3, -0.25) is 9.59 Å². The number of benzene rings is 1. The molecule has 1 unspecified atom stereocenters. The maximum absolute atomic E-state index is 12.3. The van der Waals surface area contributed by atoms with Crippen LogP contribution in [0.4, 0.5) is 5.69 Å². The van der Waals surface area contributed by atoms with Crippen LogP contribution in [0.5, 0.6) is 0 Å². The second-order valence-electron chi connectivity index (χ2n) is 4.78. The van der Waals surface area contributed by atoms with Crippen molar-refractivity contribution in [1.82, 2.24) is 0 Å². The number of carbonyl (C=O) groups excluding carboxylic acids is 2. The Labute approximate surface area is 107 Å². The van der Waals surface area contributed by atoms with Gasteiger partial charge in [0.1, 0.15) is 5.60 Å². The first-order valence-corrected chi connectivity index (χ1v) is 6.04. The molecule has 1 aliphatic rings. The first-order valence-electron chi connectivity index (χ1n) is 6.04. The maximum atomic E-state index is 12.3. The normalized spacial score (nSPS) is 22.8. The molecule has 1 fully saturated rings. The largest absolute Gasteiger partial charge is 0.367 e. The smallest absolute Gasteiger partial charge is 0.213 e. The van der Waals surface area contributed by atoms with Gasteiger partial charge in [0.05, 0.1) is 0 Å². The molecule has 0 saturated carbocycles. The number of Topliss-reactive ketones (excluding diaryl/α,β-unsaturated/α-hetero) is 1. The van der Waals surface area contributed by atoms with E-state index in [-0.39, 0.29) is 5.78 Å². The van der Waals surface area contributed by atoms with Gasteiger partial charge in [-0.05, 0) is 44.0 Å². The molecule has 1 aromatic rings. The number of amides is 1. The van der Waals surface area contributed by atoms with E-state index in [2.05, 4.69) is 0 Å². The van der Waals surface area contributed by atoms with Gasteiger partial charge in [-0.25, -0.2) is 0 Å². The van der Waals surface area contributed by atoms with Crippen molar-refractivity contribution in [3.63, 3.8) is 0 Å². The average Bonchev–Trinajstić information content (AvgIpc) is 2.85. The van der Waals surface area contributed by atoms with Crippen LogP contribution in [-0.2, 0) is 9.53 Å². The molecular weight excluding hydrogens is 230 g/mol. The van der Waals surface area contributed by atoms with Gasteiger partial charge in [0.2, 0.25) is 6.41 Å². The fourth-order valence-electron chi connectivity index (χ4n) is 2.17. The Morgan fingerprint density at radius 2 is 2.06 bits per heavy atom. The van der Waals surface area contributed by atoms with Crippen LogP contribution < -0.4 is 4.90 Å². The second kappa shape index (κ2) is 4.90. The van der Waals surface area contributed by atoms with Crippen LogP contribution in [-0.4, -0.2) is 31.4 Å². The number of rotatable bonds is 4. The van der Waals surface area contributed by atoms with Crippen molar-refractivity contribution < 1.29 is 14.3 Å². The molecule has 0 bridgehead atoms. The fraction of sp³-hybridized carbons (Fsp3) is 0.429. The summed E-state index contributed by atoms with van der Waals surface area (Å²) in [5.41, 5.74) is 0.708. The summed E-state index contributed by atoms with van der Waals surface area (Å²) in [4.78, 5) is 24.4. The Bertz CT molecular complexity index is 447. The summed E-state index contributed by atoms with van der Waals surface area (Å²) >= 11 is 0. The zero-order valence-electron chi connectivity index (χ0n) is 10.7. The molecule has 0 radical (unpaired) electrons. The first kappa shape index (κ1) is 12.8. The van der Waals surface area contributed by atoms with Crippen LogP contribution in [0.3, 0.4) is 0 Å². The van der Waals surface area contributed by atoms with E-state index in [1.807, 2.05) is 6.92 Å². The molecule has 1 amide bonds. The van der Waals surface area contributed by atoms with Crippen LogP contribution in [0.2, 0.25) is 0 Å². The zero-order chi connectivity index (χ0) is 13.2. The molecule has 0 aromatic heterocycles. The highest BCUT2D eigenvalue weighted by Crippen LogP contribution is 2.29. The standard InChI is InChI=1S/C14H17NO3/c1-14(8-3-9-18-14)13(17)11-4-6-12(7-5-11)15(2)10-16/h4-7,10H,3,8-9H2,1-2H3. The quantitative estimate of drug-likeness (QED) is 0.604. The number of carbonyl (C=O) groups is 2. The minimum Gasteiger partial charge on any atom is -0.367 e. The topological polar surface area (TPSA) is 46.6 Å². The molecular formula is C14H17NO3. The Hall–Kier alpha value is -1.68. The molecule has 0 N–H and O–H groups in total. The highest BCUT2D eigenvalue weighted by atomic mass is 16.5. The molecule has 0 spiro atoms. The lowest BCUT2D eigenvalue weighted by Crippen LogP contribution is -2.34. The van der Waals surface area contributed by atoms with E-state index in [0.717, 1.165) is 24.9 Å². The van der Waals surface area contributed by atoms with E-state index in [4.69, 9.17) is 4.74 Å². The fourth-order valence-corrected chi connectivity index (χ4v) is 2.17. The summed E-state index contributed by atoms with van der Waals surface area (Å²) in [6, 6.07) is 7.01. The summed E-state index contributed by atoms with van der Waals surface area (Å²) in [5.74, 6) is 0.0142.